The Kier molecular flexibility index (Phi) is 3.73. The van der Waals surface area contributed by atoms with Gasteiger partial charge in [0.1, 0.15) is 0 Å². The predicted octanol–water partition coefficient (Wildman–Crippen LogP) is 2.20. The first kappa shape index (κ1) is 13.9. The van der Waals surface area contributed by atoms with Crippen LogP contribution in [-0.2, 0) is 9.47 Å². The van der Waals surface area contributed by atoms with Gasteiger partial charge in [0.2, 0.25) is 0 Å². The third-order valence-corrected chi connectivity index (χ3v) is 4.61. The van der Waals surface area contributed by atoms with Gasteiger partial charge in [-0.1, -0.05) is 13.8 Å². The molecule has 0 aromatic heterocycles. The molecule has 2 unspecified atom stereocenters. The van der Waals surface area contributed by atoms with Crippen molar-refractivity contribution in [2.45, 2.75) is 58.3 Å². The summed E-state index contributed by atoms with van der Waals surface area (Å²) in [5.41, 5.74) is 0.0720. The number of hydrogen-bond donors (Lipinski definition) is 1. The van der Waals surface area contributed by atoms with Crippen LogP contribution in [0.3, 0.4) is 0 Å². The molecule has 0 radical (unpaired) electrons. The first-order chi connectivity index (χ1) is 7.18. The molecule has 2 atom stereocenters. The summed E-state index contributed by atoms with van der Waals surface area (Å²) in [6.45, 7) is 11.8. The Morgan fingerprint density at radius 2 is 1.81 bits per heavy atom. The molecule has 0 saturated heterocycles. The lowest BCUT2D eigenvalue weighted by Crippen LogP contribution is -2.68. The lowest BCUT2D eigenvalue weighted by atomic mass is 9.56. The van der Waals surface area contributed by atoms with Crippen LogP contribution in [0.2, 0.25) is 0 Å². The lowest BCUT2D eigenvalue weighted by Gasteiger charge is -2.59. The molecule has 3 heteroatoms. The third-order valence-electron chi connectivity index (χ3n) is 4.61. The average Bonchev–Trinajstić information content (AvgIpc) is 2.23. The normalized spacial score (nSPS) is 33.6. The summed E-state index contributed by atoms with van der Waals surface area (Å²) < 4.78 is 11.0. The fraction of sp³-hybridized carbons (Fsp3) is 1.00. The summed E-state index contributed by atoms with van der Waals surface area (Å²) in [5, 5.41) is 3.59. The van der Waals surface area contributed by atoms with Crippen LogP contribution in [0.1, 0.15) is 41.0 Å². The quantitative estimate of drug-likeness (QED) is 0.784. The van der Waals surface area contributed by atoms with Gasteiger partial charge in [-0.3, -0.25) is 0 Å². The van der Waals surface area contributed by atoms with Gasteiger partial charge < -0.3 is 14.8 Å². The molecule has 1 saturated carbocycles. The minimum atomic E-state index is -0.102. The fourth-order valence-corrected chi connectivity index (χ4v) is 2.26. The Hall–Kier alpha value is -0.120. The molecule has 96 valence electrons. The van der Waals surface area contributed by atoms with E-state index < -0.39 is 0 Å². The fourth-order valence-electron chi connectivity index (χ4n) is 2.26. The minimum absolute atomic E-state index is 0.00187. The second kappa shape index (κ2) is 4.28. The maximum atomic E-state index is 5.61. The van der Waals surface area contributed by atoms with Crippen LogP contribution in [0.15, 0.2) is 0 Å². The van der Waals surface area contributed by atoms with Crippen molar-refractivity contribution in [1.29, 1.82) is 0 Å². The van der Waals surface area contributed by atoms with Crippen molar-refractivity contribution in [2.75, 3.05) is 20.8 Å². The van der Waals surface area contributed by atoms with E-state index in [2.05, 4.69) is 39.9 Å². The zero-order chi connectivity index (χ0) is 12.6. The van der Waals surface area contributed by atoms with Gasteiger partial charge >= 0.3 is 0 Å². The maximum absolute atomic E-state index is 5.61. The highest BCUT2D eigenvalue weighted by molar-refractivity contribution is 5.11. The highest BCUT2D eigenvalue weighted by Crippen LogP contribution is 2.51. The predicted molar refractivity (Wildman–Crippen MR) is 66.7 cm³/mol. The Bertz CT molecular complexity index is 250. The van der Waals surface area contributed by atoms with Crippen LogP contribution in [0.4, 0.5) is 0 Å². The number of nitrogens with one attached hydrogen (secondary N) is 1. The van der Waals surface area contributed by atoms with Crippen molar-refractivity contribution >= 4 is 0 Å². The molecule has 1 fully saturated rings. The minimum Gasteiger partial charge on any atom is -0.378 e. The van der Waals surface area contributed by atoms with Crippen molar-refractivity contribution in [3.8, 4) is 0 Å². The van der Waals surface area contributed by atoms with E-state index in [1.807, 2.05) is 0 Å². The molecule has 1 rings (SSSR count). The van der Waals surface area contributed by atoms with Crippen LogP contribution in [0.25, 0.3) is 0 Å². The molecule has 0 aromatic carbocycles. The number of ether oxygens (including phenoxy) is 2. The van der Waals surface area contributed by atoms with Crippen LogP contribution in [0.5, 0.6) is 0 Å². The van der Waals surface area contributed by atoms with Gasteiger partial charge in [0, 0.05) is 32.2 Å². The monoisotopic (exact) mass is 229 g/mol. The summed E-state index contributed by atoms with van der Waals surface area (Å²) in [6.07, 6.45) is 1.07. The first-order valence-electron chi connectivity index (χ1n) is 6.02. The van der Waals surface area contributed by atoms with Gasteiger partial charge in [0.15, 0.2) is 0 Å². The van der Waals surface area contributed by atoms with Gasteiger partial charge in [0.25, 0.3) is 0 Å². The van der Waals surface area contributed by atoms with E-state index in [1.54, 1.807) is 14.2 Å². The molecule has 3 nitrogen and oxygen atoms in total. The van der Waals surface area contributed by atoms with E-state index in [4.69, 9.17) is 9.47 Å². The molecular formula is C13H27NO2. The zero-order valence-electron chi connectivity index (χ0n) is 11.8. The highest BCUT2D eigenvalue weighted by atomic mass is 16.5. The molecular weight excluding hydrogens is 202 g/mol. The topological polar surface area (TPSA) is 30.5 Å². The number of rotatable bonds is 5. The van der Waals surface area contributed by atoms with Crippen molar-refractivity contribution in [3.05, 3.63) is 0 Å². The van der Waals surface area contributed by atoms with Gasteiger partial charge in [-0.2, -0.15) is 0 Å². The van der Waals surface area contributed by atoms with E-state index in [1.165, 1.54) is 0 Å². The first-order valence-corrected chi connectivity index (χ1v) is 6.02. The SMILES string of the molecule is COC(C)(C)CNC1CC(C)(OC)C1(C)C. The van der Waals surface area contributed by atoms with E-state index in [0.717, 1.165) is 13.0 Å². The average molecular weight is 229 g/mol. The molecule has 0 spiro atoms. The smallest absolute Gasteiger partial charge is 0.0746 e. The molecule has 0 aliphatic heterocycles. The van der Waals surface area contributed by atoms with E-state index >= 15 is 0 Å². The van der Waals surface area contributed by atoms with Crippen LogP contribution >= 0.6 is 0 Å². The van der Waals surface area contributed by atoms with Crippen LogP contribution in [0, 0.1) is 5.41 Å². The Morgan fingerprint density at radius 1 is 1.25 bits per heavy atom. The molecule has 1 aliphatic carbocycles. The summed E-state index contributed by atoms with van der Waals surface area (Å²) >= 11 is 0. The molecule has 0 heterocycles. The standard InChI is InChI=1S/C13H27NO2/c1-11(2,15-6)9-14-10-8-13(5,16-7)12(10,3)4/h10,14H,8-9H2,1-7H3. The van der Waals surface area contributed by atoms with Crippen LogP contribution in [-0.4, -0.2) is 38.0 Å². The summed E-state index contributed by atoms with van der Waals surface area (Å²) in [7, 11) is 3.56. The van der Waals surface area contributed by atoms with Crippen molar-refractivity contribution in [1.82, 2.24) is 5.32 Å². The Morgan fingerprint density at radius 3 is 2.19 bits per heavy atom. The lowest BCUT2D eigenvalue weighted by molar-refractivity contribution is -0.182. The zero-order valence-corrected chi connectivity index (χ0v) is 11.8. The number of hydrogen-bond acceptors (Lipinski definition) is 3. The van der Waals surface area contributed by atoms with Gasteiger partial charge in [-0.25, -0.2) is 0 Å². The third kappa shape index (κ3) is 2.27. The van der Waals surface area contributed by atoms with Gasteiger partial charge in [-0.05, 0) is 27.2 Å². The number of methoxy groups -OCH3 is 2. The van der Waals surface area contributed by atoms with Gasteiger partial charge in [-0.15, -0.1) is 0 Å². The van der Waals surface area contributed by atoms with Crippen molar-refractivity contribution < 1.29 is 9.47 Å². The summed E-state index contributed by atoms with van der Waals surface area (Å²) in [4.78, 5) is 0. The molecule has 0 amide bonds. The van der Waals surface area contributed by atoms with Gasteiger partial charge in [0.05, 0.1) is 11.2 Å². The highest BCUT2D eigenvalue weighted by Gasteiger charge is 2.57. The Labute approximate surface area is 99.9 Å². The van der Waals surface area contributed by atoms with E-state index in [-0.39, 0.29) is 16.6 Å². The summed E-state index contributed by atoms with van der Waals surface area (Å²) in [5.74, 6) is 0. The van der Waals surface area contributed by atoms with Crippen molar-refractivity contribution in [3.63, 3.8) is 0 Å². The second-order valence-electron chi connectivity index (χ2n) is 6.26. The molecule has 1 N–H and O–H groups in total. The van der Waals surface area contributed by atoms with E-state index in [0.29, 0.717) is 6.04 Å². The van der Waals surface area contributed by atoms with Crippen molar-refractivity contribution in [2.24, 2.45) is 5.41 Å². The molecule has 16 heavy (non-hydrogen) atoms. The Balaban J connectivity index is 2.49. The molecule has 0 aromatic rings. The largest absolute Gasteiger partial charge is 0.378 e. The van der Waals surface area contributed by atoms with E-state index in [9.17, 15) is 0 Å². The molecule has 0 bridgehead atoms. The van der Waals surface area contributed by atoms with Crippen LogP contribution < -0.4 is 5.32 Å². The second-order valence-corrected chi connectivity index (χ2v) is 6.26. The maximum Gasteiger partial charge on any atom is 0.0746 e. The molecule has 1 aliphatic rings. The summed E-state index contributed by atoms with van der Waals surface area (Å²) in [6, 6.07) is 0.506.